The van der Waals surface area contributed by atoms with Gasteiger partial charge in [-0.3, -0.25) is 4.79 Å². The van der Waals surface area contributed by atoms with Gasteiger partial charge in [-0.1, -0.05) is 30.3 Å². The van der Waals surface area contributed by atoms with E-state index in [1.807, 2.05) is 24.3 Å². The van der Waals surface area contributed by atoms with Gasteiger partial charge in [0.2, 0.25) is 5.91 Å². The van der Waals surface area contributed by atoms with E-state index >= 15 is 0 Å². The Morgan fingerprint density at radius 3 is 2.56 bits per heavy atom. The Hall–Kier alpha value is -2.86. The Morgan fingerprint density at radius 1 is 1.11 bits per heavy atom. The Morgan fingerprint density at radius 2 is 1.86 bits per heavy atom. The number of ether oxygens (including phenoxy) is 4. The Balaban J connectivity index is 1.19. The molecule has 2 aliphatic heterocycles. The lowest BCUT2D eigenvalue weighted by Crippen LogP contribution is -2.39. The predicted molar refractivity (Wildman–Crippen MR) is 122 cm³/mol. The molecule has 2 fully saturated rings. The first-order chi connectivity index (χ1) is 17.2. The van der Waals surface area contributed by atoms with E-state index in [1.165, 1.54) is 18.2 Å². The van der Waals surface area contributed by atoms with Crippen LogP contribution >= 0.6 is 0 Å². The van der Waals surface area contributed by atoms with Crippen LogP contribution in [0.25, 0.3) is 0 Å². The topological polar surface area (TPSA) is 98.3 Å². The highest BCUT2D eigenvalue weighted by Crippen LogP contribution is 2.35. The van der Waals surface area contributed by atoms with E-state index < -0.39 is 24.7 Å². The summed E-state index contributed by atoms with van der Waals surface area (Å²) < 4.78 is 58.8. The van der Waals surface area contributed by atoms with Gasteiger partial charge >= 0.3 is 6.36 Å². The first-order valence-corrected chi connectivity index (χ1v) is 11.6. The number of halogens is 3. The Kier molecular flexibility index (Phi) is 8.35. The van der Waals surface area contributed by atoms with Crippen molar-refractivity contribution in [2.45, 2.75) is 62.8 Å². The fourth-order valence-electron chi connectivity index (χ4n) is 4.46. The maximum atomic E-state index is 12.6. The number of aliphatic hydroxyl groups is 1. The summed E-state index contributed by atoms with van der Waals surface area (Å²) in [6.07, 6.45) is -6.94. The molecule has 2 aromatic rings. The van der Waals surface area contributed by atoms with Crippen LogP contribution < -0.4 is 20.1 Å². The molecule has 1 amide bonds. The molecule has 0 spiro atoms. The van der Waals surface area contributed by atoms with Gasteiger partial charge in [0.15, 0.2) is 0 Å². The van der Waals surface area contributed by atoms with E-state index in [1.54, 1.807) is 13.2 Å². The van der Waals surface area contributed by atoms with Gasteiger partial charge in [-0.15, -0.1) is 13.2 Å². The Bertz CT molecular complexity index is 1020. The molecule has 11 heteroatoms. The molecular formula is C25H29F3N2O6. The molecule has 0 unspecified atom stereocenters. The highest BCUT2D eigenvalue weighted by Gasteiger charge is 2.50. The number of para-hydroxylation sites is 1. The number of rotatable bonds is 10. The standard InChI is InChI=1S/C25H29F3N2O6/c1-33-17-8-6-15(7-9-17)12-30-22(31)11-18-10-20-24(34-18)23(32)21(35-20)14-29-13-16-4-2-3-5-19(16)36-25(26,27)28/h2-9,18,20-21,23-24,29,32H,10-14H2,1H3,(H,30,31)/t18-,20+,21+,23+,24-/m0/s1. The third-order valence-corrected chi connectivity index (χ3v) is 6.20. The summed E-state index contributed by atoms with van der Waals surface area (Å²) in [5.74, 6) is 0.297. The number of hydrogen-bond donors (Lipinski definition) is 3. The maximum absolute atomic E-state index is 12.6. The number of carbonyl (C=O) groups excluding carboxylic acids is 1. The molecule has 8 nitrogen and oxygen atoms in total. The van der Waals surface area contributed by atoms with Crippen LogP contribution in [0.1, 0.15) is 24.0 Å². The number of carbonyl (C=O) groups is 1. The molecule has 2 heterocycles. The molecule has 2 aromatic carbocycles. The van der Waals surface area contributed by atoms with E-state index in [0.717, 1.165) is 11.3 Å². The summed E-state index contributed by atoms with van der Waals surface area (Å²) >= 11 is 0. The predicted octanol–water partition coefficient (Wildman–Crippen LogP) is 2.68. The molecule has 0 radical (unpaired) electrons. The number of aliphatic hydroxyl groups excluding tert-OH is 1. The minimum absolute atomic E-state index is 0.103. The van der Waals surface area contributed by atoms with Gasteiger partial charge in [0, 0.05) is 31.6 Å². The number of hydrogen-bond acceptors (Lipinski definition) is 7. The number of amides is 1. The van der Waals surface area contributed by atoms with Gasteiger partial charge in [-0.2, -0.15) is 0 Å². The summed E-state index contributed by atoms with van der Waals surface area (Å²) in [4.78, 5) is 12.3. The van der Waals surface area contributed by atoms with E-state index in [2.05, 4.69) is 15.4 Å². The van der Waals surface area contributed by atoms with Crippen LogP contribution in [0.4, 0.5) is 13.2 Å². The summed E-state index contributed by atoms with van der Waals surface area (Å²) in [5, 5.41) is 16.5. The first-order valence-electron chi connectivity index (χ1n) is 11.6. The van der Waals surface area contributed by atoms with Gasteiger partial charge in [-0.25, -0.2) is 0 Å². The smallest absolute Gasteiger partial charge is 0.497 e. The Labute approximate surface area is 206 Å². The summed E-state index contributed by atoms with van der Waals surface area (Å²) in [6, 6.07) is 13.2. The minimum Gasteiger partial charge on any atom is -0.497 e. The van der Waals surface area contributed by atoms with Gasteiger partial charge in [0.1, 0.15) is 23.7 Å². The summed E-state index contributed by atoms with van der Waals surface area (Å²) in [7, 11) is 1.59. The molecule has 196 valence electrons. The van der Waals surface area contributed by atoms with Gasteiger partial charge in [0.25, 0.3) is 0 Å². The van der Waals surface area contributed by atoms with Crippen LogP contribution in [0.3, 0.4) is 0 Å². The molecule has 3 N–H and O–H groups in total. The summed E-state index contributed by atoms with van der Waals surface area (Å²) in [6.45, 7) is 0.698. The fraction of sp³-hybridized carbons (Fsp3) is 0.480. The number of methoxy groups -OCH3 is 1. The lowest BCUT2D eigenvalue weighted by Gasteiger charge is -2.20. The van der Waals surface area contributed by atoms with Gasteiger partial charge in [0.05, 0.1) is 31.8 Å². The molecule has 5 atom stereocenters. The van der Waals surface area contributed by atoms with Crippen molar-refractivity contribution < 1.29 is 42.0 Å². The van der Waals surface area contributed by atoms with Crippen molar-refractivity contribution in [1.82, 2.24) is 10.6 Å². The van der Waals surface area contributed by atoms with E-state index in [9.17, 15) is 23.1 Å². The first kappa shape index (κ1) is 26.2. The van der Waals surface area contributed by atoms with Crippen LogP contribution in [-0.4, -0.2) is 61.6 Å². The molecule has 0 aliphatic carbocycles. The van der Waals surface area contributed by atoms with Gasteiger partial charge < -0.3 is 34.7 Å². The molecule has 0 saturated carbocycles. The lowest BCUT2D eigenvalue weighted by atomic mass is 10.1. The number of alkyl halides is 3. The maximum Gasteiger partial charge on any atom is 0.573 e. The van der Waals surface area contributed by atoms with Crippen molar-refractivity contribution in [1.29, 1.82) is 0 Å². The number of benzene rings is 2. The molecule has 4 rings (SSSR count). The quantitative estimate of drug-likeness (QED) is 0.452. The van der Waals surface area contributed by atoms with E-state index in [0.29, 0.717) is 18.5 Å². The fourth-order valence-corrected chi connectivity index (χ4v) is 4.46. The molecule has 0 bridgehead atoms. The zero-order valence-electron chi connectivity index (χ0n) is 19.7. The third kappa shape index (κ3) is 6.88. The van der Waals surface area contributed by atoms with Crippen molar-refractivity contribution in [3.8, 4) is 11.5 Å². The van der Waals surface area contributed by atoms with Crippen molar-refractivity contribution >= 4 is 5.91 Å². The normalized spacial score (nSPS) is 25.4. The van der Waals surface area contributed by atoms with Crippen molar-refractivity contribution in [2.24, 2.45) is 0 Å². The molecule has 0 aromatic heterocycles. The van der Waals surface area contributed by atoms with Crippen molar-refractivity contribution in [2.75, 3.05) is 13.7 Å². The number of fused-ring (bicyclic) bond motifs is 1. The van der Waals surface area contributed by atoms with E-state index in [4.69, 9.17) is 14.2 Å². The van der Waals surface area contributed by atoms with Crippen LogP contribution in [0.2, 0.25) is 0 Å². The largest absolute Gasteiger partial charge is 0.573 e. The second kappa shape index (κ2) is 11.5. The van der Waals surface area contributed by atoms with Gasteiger partial charge in [-0.05, 0) is 23.8 Å². The second-order valence-corrected chi connectivity index (χ2v) is 8.78. The van der Waals surface area contributed by atoms with E-state index in [-0.39, 0.29) is 43.4 Å². The third-order valence-electron chi connectivity index (χ3n) is 6.20. The van der Waals surface area contributed by atoms with Crippen LogP contribution in [0, 0.1) is 0 Å². The average molecular weight is 511 g/mol. The average Bonchev–Trinajstić information content (AvgIpc) is 3.36. The lowest BCUT2D eigenvalue weighted by molar-refractivity contribution is -0.274. The van der Waals surface area contributed by atoms with Crippen LogP contribution in [0.15, 0.2) is 48.5 Å². The molecule has 36 heavy (non-hydrogen) atoms. The zero-order valence-corrected chi connectivity index (χ0v) is 19.7. The highest BCUT2D eigenvalue weighted by atomic mass is 19.4. The molecule has 2 saturated heterocycles. The monoisotopic (exact) mass is 510 g/mol. The molecular weight excluding hydrogens is 481 g/mol. The van der Waals surface area contributed by atoms with Crippen molar-refractivity contribution in [3.05, 3.63) is 59.7 Å². The summed E-state index contributed by atoms with van der Waals surface area (Å²) in [5.41, 5.74) is 1.27. The minimum atomic E-state index is -4.78. The second-order valence-electron chi connectivity index (χ2n) is 8.78. The molecule has 2 aliphatic rings. The van der Waals surface area contributed by atoms with Crippen molar-refractivity contribution in [3.63, 3.8) is 0 Å². The highest BCUT2D eigenvalue weighted by molar-refractivity contribution is 5.76. The number of nitrogens with one attached hydrogen (secondary N) is 2. The van der Waals surface area contributed by atoms with Crippen LogP contribution in [-0.2, 0) is 27.4 Å². The SMILES string of the molecule is COc1ccc(CNC(=O)C[C@@H]2C[C@H]3O[C@H](CNCc4ccccc4OC(F)(F)F)[C@@H](O)[C@H]3O2)cc1. The zero-order chi connectivity index (χ0) is 25.7. The van der Waals surface area contributed by atoms with Crippen LogP contribution in [0.5, 0.6) is 11.5 Å².